The molecule has 0 saturated heterocycles. The molecule has 0 spiro atoms. The Labute approximate surface area is 114 Å². The van der Waals surface area contributed by atoms with E-state index in [9.17, 15) is 4.39 Å². The van der Waals surface area contributed by atoms with E-state index in [2.05, 4.69) is 20.9 Å². The number of halogens is 2. The van der Waals surface area contributed by atoms with Crippen molar-refractivity contribution in [1.82, 2.24) is 4.98 Å². The molecule has 0 aliphatic heterocycles. The van der Waals surface area contributed by atoms with Crippen LogP contribution in [0, 0.1) is 5.82 Å². The van der Waals surface area contributed by atoms with Crippen molar-refractivity contribution >= 4 is 15.9 Å². The lowest BCUT2D eigenvalue weighted by Gasteiger charge is -2.06. The summed E-state index contributed by atoms with van der Waals surface area (Å²) in [5.41, 5.74) is 1.95. The van der Waals surface area contributed by atoms with Gasteiger partial charge in [0.1, 0.15) is 5.82 Å². The first kappa shape index (κ1) is 13.2. The number of benzene rings is 1. The third-order valence-electron chi connectivity index (χ3n) is 2.50. The number of nitrogens with zero attached hydrogens (tertiary/aromatic N) is 1. The normalized spacial score (nSPS) is 10.6. The van der Waals surface area contributed by atoms with Crippen molar-refractivity contribution < 1.29 is 9.13 Å². The van der Waals surface area contributed by atoms with E-state index in [4.69, 9.17) is 4.74 Å². The Balaban J connectivity index is 1.79. The van der Waals surface area contributed by atoms with Gasteiger partial charge in [0, 0.05) is 22.8 Å². The Morgan fingerprint density at radius 1 is 1.22 bits per heavy atom. The quantitative estimate of drug-likeness (QED) is 0.785. The second kappa shape index (κ2) is 6.61. The van der Waals surface area contributed by atoms with Crippen LogP contribution in [0.5, 0.6) is 0 Å². The highest BCUT2D eigenvalue weighted by Crippen LogP contribution is 2.18. The van der Waals surface area contributed by atoms with Crippen molar-refractivity contribution in [1.29, 1.82) is 0 Å². The summed E-state index contributed by atoms with van der Waals surface area (Å²) in [7, 11) is 0. The molecular formula is C14H13BrFNO. The van der Waals surface area contributed by atoms with Gasteiger partial charge in [-0.1, -0.05) is 28.1 Å². The maximum atomic E-state index is 12.9. The largest absolute Gasteiger partial charge is 0.376 e. The van der Waals surface area contributed by atoms with Crippen molar-refractivity contribution in [3.8, 4) is 0 Å². The summed E-state index contributed by atoms with van der Waals surface area (Å²) in [6.45, 7) is 1.06. The Kier molecular flexibility index (Phi) is 4.84. The van der Waals surface area contributed by atoms with E-state index >= 15 is 0 Å². The first-order valence-electron chi connectivity index (χ1n) is 5.67. The highest BCUT2D eigenvalue weighted by Gasteiger charge is 2.02. The molecule has 1 heterocycles. The predicted octanol–water partition coefficient (Wildman–Crippen LogP) is 3.74. The molecule has 0 bridgehead atoms. The van der Waals surface area contributed by atoms with Crippen LogP contribution in [0.1, 0.15) is 11.3 Å². The third kappa shape index (κ3) is 3.89. The minimum atomic E-state index is -0.251. The lowest BCUT2D eigenvalue weighted by Crippen LogP contribution is -2.01. The lowest BCUT2D eigenvalue weighted by molar-refractivity contribution is 0.123. The monoisotopic (exact) mass is 309 g/mol. The summed E-state index contributed by atoms with van der Waals surface area (Å²) in [4.78, 5) is 4.21. The minimum absolute atomic E-state index is 0.251. The fraction of sp³-hybridized carbons (Fsp3) is 0.214. The van der Waals surface area contributed by atoms with E-state index in [1.165, 1.54) is 12.1 Å². The van der Waals surface area contributed by atoms with Crippen LogP contribution in [0.25, 0.3) is 0 Å². The average Bonchev–Trinajstić information content (AvgIpc) is 2.38. The van der Waals surface area contributed by atoms with Crippen molar-refractivity contribution in [3.05, 3.63) is 64.1 Å². The smallest absolute Gasteiger partial charge is 0.124 e. The average molecular weight is 310 g/mol. The van der Waals surface area contributed by atoms with Gasteiger partial charge in [0.2, 0.25) is 0 Å². The number of hydrogen-bond acceptors (Lipinski definition) is 2. The van der Waals surface area contributed by atoms with Crippen molar-refractivity contribution in [3.63, 3.8) is 0 Å². The number of rotatable bonds is 5. The maximum Gasteiger partial charge on any atom is 0.124 e. The standard InChI is InChI=1S/C14H13BrFNO/c15-14-9-12(16)5-4-11(14)10-18-8-6-13-3-1-2-7-17-13/h1-5,7,9H,6,8,10H2. The van der Waals surface area contributed by atoms with Crippen LogP contribution in [0.3, 0.4) is 0 Å². The van der Waals surface area contributed by atoms with Gasteiger partial charge >= 0.3 is 0 Å². The fourth-order valence-corrected chi connectivity index (χ4v) is 2.01. The van der Waals surface area contributed by atoms with Gasteiger partial charge in [-0.15, -0.1) is 0 Å². The van der Waals surface area contributed by atoms with Crippen LogP contribution in [0.2, 0.25) is 0 Å². The van der Waals surface area contributed by atoms with Crippen LogP contribution in [-0.2, 0) is 17.8 Å². The number of pyridine rings is 1. The van der Waals surface area contributed by atoms with Crippen LogP contribution in [0.15, 0.2) is 47.1 Å². The Hall–Kier alpha value is -1.26. The van der Waals surface area contributed by atoms with Crippen molar-refractivity contribution in [2.24, 2.45) is 0 Å². The molecule has 4 heteroatoms. The molecule has 0 amide bonds. The molecule has 94 valence electrons. The lowest BCUT2D eigenvalue weighted by atomic mass is 10.2. The minimum Gasteiger partial charge on any atom is -0.376 e. The van der Waals surface area contributed by atoms with E-state index in [1.807, 2.05) is 18.2 Å². The topological polar surface area (TPSA) is 22.1 Å². The molecule has 18 heavy (non-hydrogen) atoms. The molecule has 0 N–H and O–H groups in total. The first-order chi connectivity index (χ1) is 8.75. The molecule has 0 fully saturated rings. The Bertz CT molecular complexity index is 504. The van der Waals surface area contributed by atoms with Crippen LogP contribution in [-0.4, -0.2) is 11.6 Å². The van der Waals surface area contributed by atoms with E-state index in [1.54, 1.807) is 12.3 Å². The molecule has 1 aromatic carbocycles. The Morgan fingerprint density at radius 2 is 2.11 bits per heavy atom. The summed E-state index contributed by atoms with van der Waals surface area (Å²) in [5, 5.41) is 0. The molecule has 2 nitrogen and oxygen atoms in total. The van der Waals surface area contributed by atoms with E-state index in [0.29, 0.717) is 13.2 Å². The molecule has 0 aliphatic rings. The SMILES string of the molecule is Fc1ccc(COCCc2ccccn2)c(Br)c1. The summed E-state index contributed by atoms with van der Waals surface area (Å²) in [6, 6.07) is 10.4. The highest BCUT2D eigenvalue weighted by atomic mass is 79.9. The van der Waals surface area contributed by atoms with Crippen LogP contribution < -0.4 is 0 Å². The molecule has 0 saturated carbocycles. The predicted molar refractivity (Wildman–Crippen MR) is 71.7 cm³/mol. The molecular weight excluding hydrogens is 297 g/mol. The maximum absolute atomic E-state index is 12.9. The molecule has 0 aliphatic carbocycles. The van der Waals surface area contributed by atoms with E-state index < -0.39 is 0 Å². The summed E-state index contributed by atoms with van der Waals surface area (Å²) >= 11 is 3.31. The van der Waals surface area contributed by atoms with Gasteiger partial charge < -0.3 is 4.74 Å². The zero-order valence-electron chi connectivity index (χ0n) is 9.77. The zero-order valence-corrected chi connectivity index (χ0v) is 11.4. The Morgan fingerprint density at radius 3 is 2.83 bits per heavy atom. The molecule has 1 aromatic heterocycles. The second-order valence-electron chi connectivity index (χ2n) is 3.86. The number of aromatic nitrogens is 1. The third-order valence-corrected chi connectivity index (χ3v) is 3.24. The zero-order chi connectivity index (χ0) is 12.8. The van der Waals surface area contributed by atoms with Crippen molar-refractivity contribution in [2.45, 2.75) is 13.0 Å². The number of hydrogen-bond donors (Lipinski definition) is 0. The van der Waals surface area contributed by atoms with E-state index in [0.717, 1.165) is 22.2 Å². The van der Waals surface area contributed by atoms with Crippen molar-refractivity contribution in [2.75, 3.05) is 6.61 Å². The van der Waals surface area contributed by atoms with Gasteiger partial charge in [0.15, 0.2) is 0 Å². The van der Waals surface area contributed by atoms with Gasteiger partial charge in [-0.25, -0.2) is 4.39 Å². The summed E-state index contributed by atoms with van der Waals surface area (Å²) < 4.78 is 19.2. The number of ether oxygens (including phenoxy) is 1. The molecule has 2 aromatic rings. The fourth-order valence-electron chi connectivity index (χ4n) is 1.54. The molecule has 0 atom stereocenters. The first-order valence-corrected chi connectivity index (χ1v) is 6.46. The molecule has 0 unspecified atom stereocenters. The van der Waals surface area contributed by atoms with Gasteiger partial charge in [-0.05, 0) is 29.8 Å². The van der Waals surface area contributed by atoms with E-state index in [-0.39, 0.29) is 5.82 Å². The van der Waals surface area contributed by atoms with Gasteiger partial charge in [-0.2, -0.15) is 0 Å². The second-order valence-corrected chi connectivity index (χ2v) is 4.71. The molecule has 0 radical (unpaired) electrons. The van der Waals surface area contributed by atoms with Gasteiger partial charge in [0.25, 0.3) is 0 Å². The summed E-state index contributed by atoms with van der Waals surface area (Å²) in [5.74, 6) is -0.251. The highest BCUT2D eigenvalue weighted by molar-refractivity contribution is 9.10. The van der Waals surface area contributed by atoms with Crippen LogP contribution >= 0.6 is 15.9 Å². The summed E-state index contributed by atoms with van der Waals surface area (Å²) in [6.07, 6.45) is 2.55. The van der Waals surface area contributed by atoms with Gasteiger partial charge in [0.05, 0.1) is 13.2 Å². The van der Waals surface area contributed by atoms with Crippen LogP contribution in [0.4, 0.5) is 4.39 Å². The van der Waals surface area contributed by atoms with Gasteiger partial charge in [-0.3, -0.25) is 4.98 Å². The molecule has 2 rings (SSSR count).